The summed E-state index contributed by atoms with van der Waals surface area (Å²) in [5.41, 5.74) is 2.09. The van der Waals surface area contributed by atoms with E-state index in [-0.39, 0.29) is 0 Å². The quantitative estimate of drug-likeness (QED) is 0.700. The summed E-state index contributed by atoms with van der Waals surface area (Å²) in [6.45, 7) is 0. The molecule has 0 radical (unpaired) electrons. The third-order valence-electron chi connectivity index (χ3n) is 3.40. The van der Waals surface area contributed by atoms with E-state index in [1.165, 1.54) is 0 Å². The Labute approximate surface area is 115 Å². The SMILES string of the molecule is c1ccc2c(c1)=NC(CCc1nc3ccccc3[nH]1)=[N+]=2. The van der Waals surface area contributed by atoms with Gasteiger partial charge in [-0.15, -0.1) is 0 Å². The first-order chi connectivity index (χ1) is 9.88. The molecule has 1 aliphatic heterocycles. The van der Waals surface area contributed by atoms with Crippen LogP contribution in [0.4, 0.5) is 0 Å². The summed E-state index contributed by atoms with van der Waals surface area (Å²) >= 11 is 0. The molecule has 0 fully saturated rings. The number of benzene rings is 2. The number of aryl methyl sites for hydroxylation is 1. The normalized spacial score (nSPS) is 12.7. The molecule has 96 valence electrons. The highest BCUT2D eigenvalue weighted by atomic mass is 14.9. The summed E-state index contributed by atoms with van der Waals surface area (Å²) < 4.78 is 4.53. The minimum absolute atomic E-state index is 0.800. The molecule has 0 aliphatic carbocycles. The largest absolute Gasteiger partial charge is 0.392 e. The highest BCUT2D eigenvalue weighted by Crippen LogP contribution is 2.11. The van der Waals surface area contributed by atoms with E-state index in [9.17, 15) is 0 Å². The van der Waals surface area contributed by atoms with Crippen molar-refractivity contribution in [2.45, 2.75) is 12.8 Å². The molecule has 0 bridgehead atoms. The fourth-order valence-corrected chi connectivity index (χ4v) is 2.42. The van der Waals surface area contributed by atoms with Gasteiger partial charge in [-0.25, -0.2) is 4.98 Å². The number of fused-ring (bicyclic) bond motifs is 2. The van der Waals surface area contributed by atoms with Gasteiger partial charge in [0.1, 0.15) is 5.82 Å². The summed E-state index contributed by atoms with van der Waals surface area (Å²) in [7, 11) is 0. The molecule has 4 heteroatoms. The molecule has 1 aromatic heterocycles. The van der Waals surface area contributed by atoms with Gasteiger partial charge in [0.15, 0.2) is 0 Å². The third-order valence-corrected chi connectivity index (χ3v) is 3.40. The predicted octanol–water partition coefficient (Wildman–Crippen LogP) is 0.914. The number of amidine groups is 1. The second-order valence-electron chi connectivity index (χ2n) is 4.83. The number of aromatic amines is 1. The summed E-state index contributed by atoms with van der Waals surface area (Å²) in [4.78, 5) is 12.4. The first kappa shape index (κ1) is 11.1. The van der Waals surface area contributed by atoms with Crippen LogP contribution < -0.4 is 15.4 Å². The van der Waals surface area contributed by atoms with Crippen molar-refractivity contribution in [2.75, 3.05) is 0 Å². The highest BCUT2D eigenvalue weighted by molar-refractivity contribution is 5.82. The van der Waals surface area contributed by atoms with Crippen LogP contribution in [0.25, 0.3) is 11.0 Å². The van der Waals surface area contributed by atoms with Gasteiger partial charge in [-0.2, -0.15) is 4.67 Å². The Balaban J connectivity index is 1.58. The van der Waals surface area contributed by atoms with Crippen LogP contribution in [0.1, 0.15) is 12.2 Å². The molecule has 1 N–H and O–H groups in total. The Morgan fingerprint density at radius 1 is 0.950 bits per heavy atom. The van der Waals surface area contributed by atoms with Crippen molar-refractivity contribution in [2.24, 2.45) is 4.99 Å². The lowest BCUT2D eigenvalue weighted by Gasteiger charge is -1.87. The highest BCUT2D eigenvalue weighted by Gasteiger charge is 2.16. The Morgan fingerprint density at radius 3 is 2.70 bits per heavy atom. The van der Waals surface area contributed by atoms with Crippen LogP contribution in [-0.2, 0) is 6.42 Å². The average Bonchev–Trinajstić information content (AvgIpc) is 3.07. The maximum absolute atomic E-state index is 4.57. The van der Waals surface area contributed by atoms with E-state index in [0.29, 0.717) is 0 Å². The smallest absolute Gasteiger partial charge is 0.342 e. The van der Waals surface area contributed by atoms with Gasteiger partial charge in [-0.3, -0.25) is 0 Å². The van der Waals surface area contributed by atoms with Crippen molar-refractivity contribution in [1.82, 2.24) is 14.6 Å². The van der Waals surface area contributed by atoms with Crippen molar-refractivity contribution >= 4 is 16.9 Å². The monoisotopic (exact) mass is 261 g/mol. The van der Waals surface area contributed by atoms with Crippen LogP contribution in [0.2, 0.25) is 0 Å². The lowest BCUT2D eigenvalue weighted by molar-refractivity contribution is 0.933. The van der Waals surface area contributed by atoms with Crippen LogP contribution >= 0.6 is 0 Å². The zero-order valence-corrected chi connectivity index (χ0v) is 10.9. The third kappa shape index (κ3) is 1.92. The molecular formula is C16H13N4+. The number of rotatable bonds is 3. The molecule has 20 heavy (non-hydrogen) atoms. The van der Waals surface area contributed by atoms with Crippen LogP contribution in [-0.4, -0.2) is 15.8 Å². The van der Waals surface area contributed by atoms with Gasteiger partial charge in [-0.05, 0) is 23.2 Å². The molecule has 2 aromatic carbocycles. The van der Waals surface area contributed by atoms with Gasteiger partial charge in [0.2, 0.25) is 5.36 Å². The number of hydrogen-bond acceptors (Lipinski definition) is 2. The molecule has 0 unspecified atom stereocenters. The number of H-pyrrole nitrogens is 1. The van der Waals surface area contributed by atoms with Crippen LogP contribution in [0.3, 0.4) is 0 Å². The average molecular weight is 261 g/mol. The van der Waals surface area contributed by atoms with Crippen molar-refractivity contribution in [1.29, 1.82) is 0 Å². The number of aromatic nitrogens is 2. The second-order valence-corrected chi connectivity index (χ2v) is 4.83. The Bertz CT molecular complexity index is 913. The molecule has 2 heterocycles. The number of para-hydroxylation sites is 4. The molecule has 1 aliphatic rings. The van der Waals surface area contributed by atoms with Crippen molar-refractivity contribution < 1.29 is 0 Å². The van der Waals surface area contributed by atoms with Gasteiger partial charge in [0.05, 0.1) is 17.5 Å². The predicted molar refractivity (Wildman–Crippen MR) is 77.9 cm³/mol. The van der Waals surface area contributed by atoms with Gasteiger partial charge in [0.25, 0.3) is 5.36 Å². The first-order valence-corrected chi connectivity index (χ1v) is 6.70. The lowest BCUT2D eigenvalue weighted by Crippen LogP contribution is -2.22. The van der Waals surface area contributed by atoms with Crippen molar-refractivity contribution in [3.63, 3.8) is 0 Å². The number of imidazole rings is 1. The molecule has 4 nitrogen and oxygen atoms in total. The molecule has 0 spiro atoms. The number of nitrogens with zero attached hydrogens (tertiary/aromatic N) is 3. The summed E-state index contributed by atoms with van der Waals surface area (Å²) in [6.07, 6.45) is 1.62. The van der Waals surface area contributed by atoms with Gasteiger partial charge < -0.3 is 4.98 Å². The van der Waals surface area contributed by atoms with E-state index in [1.807, 2.05) is 48.5 Å². The Kier molecular flexibility index (Phi) is 2.47. The van der Waals surface area contributed by atoms with Crippen LogP contribution in [0, 0.1) is 0 Å². The zero-order chi connectivity index (χ0) is 13.4. The lowest BCUT2D eigenvalue weighted by atomic mass is 10.3. The zero-order valence-electron chi connectivity index (χ0n) is 10.9. The van der Waals surface area contributed by atoms with Crippen molar-refractivity contribution in [3.8, 4) is 0 Å². The molecule has 4 rings (SSSR count). The fraction of sp³-hybridized carbons (Fsp3) is 0.125. The van der Waals surface area contributed by atoms with Gasteiger partial charge >= 0.3 is 5.84 Å². The minimum atomic E-state index is 0.800. The molecule has 0 saturated heterocycles. The van der Waals surface area contributed by atoms with E-state index < -0.39 is 0 Å². The van der Waals surface area contributed by atoms with E-state index in [0.717, 1.165) is 46.2 Å². The molecule has 0 saturated carbocycles. The van der Waals surface area contributed by atoms with E-state index >= 15 is 0 Å². The topological polar surface area (TPSA) is 55.1 Å². The van der Waals surface area contributed by atoms with Crippen molar-refractivity contribution in [3.05, 3.63) is 65.1 Å². The first-order valence-electron chi connectivity index (χ1n) is 6.70. The number of nitrogens with one attached hydrogen (secondary N) is 1. The van der Waals surface area contributed by atoms with E-state index in [4.69, 9.17) is 0 Å². The van der Waals surface area contributed by atoms with Gasteiger partial charge in [0, 0.05) is 12.5 Å². The summed E-state index contributed by atoms with van der Waals surface area (Å²) in [5.74, 6) is 1.87. The number of hydrogen-bond donors (Lipinski definition) is 1. The summed E-state index contributed by atoms with van der Waals surface area (Å²) in [6, 6.07) is 16.0. The maximum Gasteiger partial charge on any atom is 0.392 e. The summed E-state index contributed by atoms with van der Waals surface area (Å²) in [5, 5.41) is 1.93. The molecule has 3 aromatic rings. The Morgan fingerprint density at radius 2 is 1.80 bits per heavy atom. The minimum Gasteiger partial charge on any atom is -0.342 e. The standard InChI is InChI=1S/C16H13N4/c1-2-6-12-11(5-1)17-15(18-12)9-10-16-19-13-7-3-4-8-14(13)20-16/h1-8H,9-10H2,(H,17,18)/q+1. The maximum atomic E-state index is 4.57. The fourth-order valence-electron chi connectivity index (χ4n) is 2.42. The molecule has 0 amide bonds. The van der Waals surface area contributed by atoms with Crippen LogP contribution in [0.5, 0.6) is 0 Å². The van der Waals surface area contributed by atoms with Gasteiger partial charge in [-0.1, -0.05) is 24.3 Å². The molecule has 0 atom stereocenters. The van der Waals surface area contributed by atoms with E-state index in [1.54, 1.807) is 0 Å². The Hall–Kier alpha value is -2.71. The molecular weight excluding hydrogens is 248 g/mol. The van der Waals surface area contributed by atoms with E-state index in [2.05, 4.69) is 19.6 Å². The van der Waals surface area contributed by atoms with Crippen LogP contribution in [0.15, 0.2) is 53.5 Å². The second kappa shape index (κ2) is 4.44.